The van der Waals surface area contributed by atoms with Gasteiger partial charge in [0.25, 0.3) is 0 Å². The summed E-state index contributed by atoms with van der Waals surface area (Å²) in [7, 11) is 1.92. The fourth-order valence-electron chi connectivity index (χ4n) is 2.43. The van der Waals surface area contributed by atoms with Crippen molar-refractivity contribution in [3.63, 3.8) is 0 Å². The molecule has 0 bridgehead atoms. The molecule has 0 aliphatic carbocycles. The molecule has 20 heavy (non-hydrogen) atoms. The van der Waals surface area contributed by atoms with Gasteiger partial charge in [0.1, 0.15) is 12.2 Å². The summed E-state index contributed by atoms with van der Waals surface area (Å²) in [6.45, 7) is 2.05. The summed E-state index contributed by atoms with van der Waals surface area (Å²) in [5.41, 5.74) is 1.82. The molecule has 3 aromatic rings. The number of aryl methyl sites for hydroxylation is 1. The molecule has 1 aromatic carbocycles. The van der Waals surface area contributed by atoms with Crippen LogP contribution in [0.5, 0.6) is 0 Å². The number of aromatic nitrogens is 5. The second kappa shape index (κ2) is 5.07. The van der Waals surface area contributed by atoms with E-state index in [4.69, 9.17) is 23.2 Å². The molecule has 0 saturated heterocycles. The molecule has 0 aliphatic heterocycles. The number of fused-ring (bicyclic) bond motifs is 1. The van der Waals surface area contributed by atoms with Crippen molar-refractivity contribution in [3.8, 4) is 0 Å². The molecule has 5 nitrogen and oxygen atoms in total. The average molecular weight is 310 g/mol. The highest BCUT2D eigenvalue weighted by Gasteiger charge is 2.20. The number of nitrogens with zero attached hydrogens (tertiary/aromatic N) is 5. The Bertz CT molecular complexity index is 761. The van der Waals surface area contributed by atoms with E-state index in [9.17, 15) is 0 Å². The van der Waals surface area contributed by atoms with Crippen molar-refractivity contribution in [2.45, 2.75) is 18.8 Å². The Morgan fingerprint density at radius 1 is 1.35 bits per heavy atom. The van der Waals surface area contributed by atoms with Gasteiger partial charge in [-0.25, -0.2) is 4.98 Å². The summed E-state index contributed by atoms with van der Waals surface area (Å²) in [4.78, 5) is 4.54. The van der Waals surface area contributed by atoms with Gasteiger partial charge in [0, 0.05) is 12.1 Å². The third-order valence-corrected chi connectivity index (χ3v) is 3.83. The lowest BCUT2D eigenvalue weighted by Gasteiger charge is -2.16. The quantitative estimate of drug-likeness (QED) is 0.698. The van der Waals surface area contributed by atoms with Crippen LogP contribution >= 0.6 is 23.2 Å². The molecule has 0 amide bonds. The number of benzene rings is 1. The number of alkyl halides is 1. The first-order valence-corrected chi connectivity index (χ1v) is 7.09. The Morgan fingerprint density at radius 3 is 2.80 bits per heavy atom. The number of hydrogen-bond donors (Lipinski definition) is 0. The Labute approximate surface area is 126 Å². The van der Waals surface area contributed by atoms with Gasteiger partial charge in [0.15, 0.2) is 5.82 Å². The lowest BCUT2D eigenvalue weighted by atomic mass is 10.2. The molecule has 0 N–H and O–H groups in total. The third kappa shape index (κ3) is 2.07. The molecule has 1 unspecified atom stereocenters. The topological polar surface area (TPSA) is 48.5 Å². The molecule has 1 atom stereocenters. The molecule has 0 fully saturated rings. The zero-order valence-corrected chi connectivity index (χ0v) is 12.6. The highest BCUT2D eigenvalue weighted by Crippen LogP contribution is 2.27. The molecule has 0 aliphatic rings. The number of hydrogen-bond acceptors (Lipinski definition) is 3. The summed E-state index contributed by atoms with van der Waals surface area (Å²) < 4.78 is 3.97. The molecular weight excluding hydrogens is 297 g/mol. The lowest BCUT2D eigenvalue weighted by molar-refractivity contribution is 0.572. The number of imidazole rings is 1. The predicted octanol–water partition coefficient (Wildman–Crippen LogP) is 3.17. The molecule has 104 valence electrons. The van der Waals surface area contributed by atoms with Gasteiger partial charge in [-0.15, -0.1) is 21.8 Å². The molecule has 3 rings (SSSR count). The zero-order valence-electron chi connectivity index (χ0n) is 11.1. The maximum atomic E-state index is 6.03. The average Bonchev–Trinajstić information content (AvgIpc) is 3.00. The van der Waals surface area contributed by atoms with Crippen molar-refractivity contribution in [1.29, 1.82) is 0 Å². The summed E-state index contributed by atoms with van der Waals surface area (Å²) in [5, 5.41) is 8.76. The van der Waals surface area contributed by atoms with E-state index in [0.717, 1.165) is 22.7 Å². The van der Waals surface area contributed by atoms with Gasteiger partial charge in [-0.3, -0.25) is 0 Å². The Balaban J connectivity index is 2.21. The van der Waals surface area contributed by atoms with Crippen LogP contribution in [0, 0.1) is 0 Å². The second-order valence-corrected chi connectivity index (χ2v) is 5.34. The van der Waals surface area contributed by atoms with Crippen molar-refractivity contribution in [2.75, 3.05) is 0 Å². The molecular formula is C13H13Cl2N5. The van der Waals surface area contributed by atoms with E-state index >= 15 is 0 Å². The van der Waals surface area contributed by atoms with Gasteiger partial charge >= 0.3 is 0 Å². The first-order chi connectivity index (χ1) is 9.61. The number of rotatable bonds is 3. The van der Waals surface area contributed by atoms with E-state index in [-0.39, 0.29) is 6.04 Å². The highest BCUT2D eigenvalue weighted by atomic mass is 35.5. The zero-order chi connectivity index (χ0) is 14.3. The molecule has 0 radical (unpaired) electrons. The number of halogens is 2. The summed E-state index contributed by atoms with van der Waals surface area (Å²) in [5.74, 6) is 1.97. The van der Waals surface area contributed by atoms with Crippen molar-refractivity contribution in [2.24, 2.45) is 7.05 Å². The van der Waals surface area contributed by atoms with Crippen LogP contribution in [0.25, 0.3) is 11.0 Å². The van der Waals surface area contributed by atoms with Crippen LogP contribution in [0.4, 0.5) is 0 Å². The van der Waals surface area contributed by atoms with E-state index in [2.05, 4.69) is 26.7 Å². The van der Waals surface area contributed by atoms with Gasteiger partial charge in [-0.05, 0) is 25.1 Å². The van der Waals surface area contributed by atoms with Crippen LogP contribution in [0.15, 0.2) is 24.5 Å². The van der Waals surface area contributed by atoms with Crippen LogP contribution in [-0.2, 0) is 12.9 Å². The lowest BCUT2D eigenvalue weighted by Crippen LogP contribution is -2.14. The Morgan fingerprint density at radius 2 is 2.15 bits per heavy atom. The predicted molar refractivity (Wildman–Crippen MR) is 79.1 cm³/mol. The van der Waals surface area contributed by atoms with Crippen molar-refractivity contribution in [1.82, 2.24) is 24.3 Å². The Hall–Kier alpha value is -1.59. The minimum atomic E-state index is -0.0116. The second-order valence-electron chi connectivity index (χ2n) is 4.64. The largest absolute Gasteiger partial charge is 0.319 e. The van der Waals surface area contributed by atoms with Crippen molar-refractivity contribution < 1.29 is 0 Å². The van der Waals surface area contributed by atoms with Crippen LogP contribution in [-0.4, -0.2) is 24.3 Å². The molecule has 7 heteroatoms. The van der Waals surface area contributed by atoms with Gasteiger partial charge in [0.05, 0.1) is 23.0 Å². The first kappa shape index (κ1) is 13.4. The smallest absolute Gasteiger partial charge is 0.155 e. The highest BCUT2D eigenvalue weighted by molar-refractivity contribution is 6.31. The molecule has 2 aromatic heterocycles. The van der Waals surface area contributed by atoms with E-state index < -0.39 is 0 Å². The molecule has 0 saturated carbocycles. The minimum Gasteiger partial charge on any atom is -0.319 e. The normalized spacial score (nSPS) is 13.0. The fraction of sp³-hybridized carbons (Fsp3) is 0.308. The first-order valence-electron chi connectivity index (χ1n) is 6.18. The van der Waals surface area contributed by atoms with Gasteiger partial charge in [-0.1, -0.05) is 11.6 Å². The summed E-state index contributed by atoms with van der Waals surface area (Å²) in [6, 6.07) is 5.63. The van der Waals surface area contributed by atoms with Gasteiger partial charge in [0.2, 0.25) is 0 Å². The van der Waals surface area contributed by atoms with Gasteiger partial charge in [-0.2, -0.15) is 0 Å². The molecule has 0 spiro atoms. The van der Waals surface area contributed by atoms with Crippen molar-refractivity contribution >= 4 is 34.2 Å². The Kier molecular flexibility index (Phi) is 3.40. The SMILES string of the molecule is CC(c1nncn1C)n1c(CCl)nc2cc(Cl)ccc21. The standard InChI is InChI=1S/C13H13Cl2N5/c1-8(13-18-16-7-19(13)2)20-11-4-3-9(15)5-10(11)17-12(20)6-14/h3-5,7-8H,6H2,1-2H3. The van der Waals surface area contributed by atoms with E-state index in [1.54, 1.807) is 6.33 Å². The van der Waals surface area contributed by atoms with Crippen LogP contribution in [0.3, 0.4) is 0 Å². The van der Waals surface area contributed by atoms with Crippen LogP contribution < -0.4 is 0 Å². The van der Waals surface area contributed by atoms with Gasteiger partial charge < -0.3 is 9.13 Å². The molecule has 2 heterocycles. The fourth-order valence-corrected chi connectivity index (χ4v) is 2.79. The summed E-state index contributed by atoms with van der Waals surface area (Å²) >= 11 is 12.0. The van der Waals surface area contributed by atoms with Crippen LogP contribution in [0.2, 0.25) is 5.02 Å². The van der Waals surface area contributed by atoms with E-state index in [1.165, 1.54) is 0 Å². The third-order valence-electron chi connectivity index (χ3n) is 3.35. The minimum absolute atomic E-state index is 0.0116. The monoisotopic (exact) mass is 309 g/mol. The van der Waals surface area contributed by atoms with Crippen LogP contribution in [0.1, 0.15) is 24.6 Å². The van der Waals surface area contributed by atoms with E-state index in [0.29, 0.717) is 10.9 Å². The van der Waals surface area contributed by atoms with E-state index in [1.807, 2.05) is 29.8 Å². The maximum Gasteiger partial charge on any atom is 0.155 e. The maximum absolute atomic E-state index is 6.03. The summed E-state index contributed by atoms with van der Waals surface area (Å²) in [6.07, 6.45) is 1.68. The van der Waals surface area contributed by atoms with Crippen molar-refractivity contribution in [3.05, 3.63) is 41.2 Å².